The van der Waals surface area contributed by atoms with Gasteiger partial charge in [-0.05, 0) is 17.9 Å². The molecule has 0 aliphatic rings. The highest BCUT2D eigenvalue weighted by Gasteiger charge is 2.25. The van der Waals surface area contributed by atoms with Crippen LogP contribution in [0.1, 0.15) is 19.4 Å². The Labute approximate surface area is 163 Å². The zero-order chi connectivity index (χ0) is 19.0. The van der Waals surface area contributed by atoms with Gasteiger partial charge in [0, 0.05) is 21.4 Å². The Morgan fingerprint density at radius 1 is 1.19 bits per heavy atom. The predicted molar refractivity (Wildman–Crippen MR) is 111 cm³/mol. The summed E-state index contributed by atoms with van der Waals surface area (Å²) >= 11 is 3.01. The van der Waals surface area contributed by atoms with Crippen molar-refractivity contribution in [3.63, 3.8) is 0 Å². The molecule has 5 nitrogen and oxygen atoms in total. The fraction of sp³-hybridized carbons (Fsp3) is 0.150. The molecule has 1 amide bonds. The van der Waals surface area contributed by atoms with E-state index in [1.165, 1.54) is 15.9 Å². The lowest BCUT2D eigenvalue weighted by molar-refractivity contribution is -0.121. The third-order valence-corrected chi connectivity index (χ3v) is 6.26. The summed E-state index contributed by atoms with van der Waals surface area (Å²) < 4.78 is 1.46. The first kappa shape index (κ1) is 17.6. The number of benzene rings is 1. The van der Waals surface area contributed by atoms with E-state index in [0.717, 1.165) is 16.0 Å². The molecule has 1 atom stereocenters. The fourth-order valence-corrected chi connectivity index (χ4v) is 4.96. The monoisotopic (exact) mass is 395 g/mol. The van der Waals surface area contributed by atoms with Crippen molar-refractivity contribution < 1.29 is 4.79 Å². The molecule has 3 heterocycles. The van der Waals surface area contributed by atoms with E-state index >= 15 is 0 Å². The van der Waals surface area contributed by atoms with E-state index in [9.17, 15) is 9.59 Å². The molecule has 0 spiro atoms. The van der Waals surface area contributed by atoms with Gasteiger partial charge in [0.25, 0.3) is 5.56 Å². The number of primary amides is 1. The van der Waals surface area contributed by atoms with Crippen molar-refractivity contribution in [2.45, 2.75) is 19.4 Å². The molecule has 0 bridgehead atoms. The van der Waals surface area contributed by atoms with E-state index in [0.29, 0.717) is 22.5 Å². The van der Waals surface area contributed by atoms with Crippen LogP contribution in [0.4, 0.5) is 0 Å². The van der Waals surface area contributed by atoms with Crippen LogP contribution in [-0.2, 0) is 4.79 Å². The molecule has 136 valence electrons. The zero-order valence-electron chi connectivity index (χ0n) is 14.6. The molecule has 4 rings (SSSR count). The normalized spacial score (nSPS) is 12.3. The van der Waals surface area contributed by atoms with Crippen LogP contribution in [0.25, 0.3) is 32.0 Å². The Balaban J connectivity index is 2.09. The van der Waals surface area contributed by atoms with Crippen molar-refractivity contribution in [3.05, 3.63) is 63.6 Å². The van der Waals surface area contributed by atoms with Gasteiger partial charge in [0.15, 0.2) is 0 Å². The molecule has 0 aliphatic carbocycles. The predicted octanol–water partition coefficient (Wildman–Crippen LogP) is 4.29. The Bertz CT molecular complexity index is 1160. The first-order valence-electron chi connectivity index (χ1n) is 8.54. The van der Waals surface area contributed by atoms with Crippen LogP contribution in [-0.4, -0.2) is 15.5 Å². The van der Waals surface area contributed by atoms with E-state index in [2.05, 4.69) is 0 Å². The van der Waals surface area contributed by atoms with Crippen molar-refractivity contribution in [2.75, 3.05) is 0 Å². The Kier molecular flexibility index (Phi) is 4.63. The minimum atomic E-state index is -0.749. The molecule has 0 aliphatic heterocycles. The van der Waals surface area contributed by atoms with Gasteiger partial charge in [-0.2, -0.15) is 0 Å². The molecule has 3 aromatic heterocycles. The van der Waals surface area contributed by atoms with E-state index < -0.39 is 11.9 Å². The van der Waals surface area contributed by atoms with Gasteiger partial charge in [-0.25, -0.2) is 4.98 Å². The van der Waals surface area contributed by atoms with E-state index in [1.54, 1.807) is 11.3 Å². The topological polar surface area (TPSA) is 78.0 Å². The van der Waals surface area contributed by atoms with Crippen molar-refractivity contribution in [1.29, 1.82) is 0 Å². The van der Waals surface area contributed by atoms with Gasteiger partial charge in [0.05, 0.1) is 5.39 Å². The van der Waals surface area contributed by atoms with Crippen molar-refractivity contribution >= 4 is 38.8 Å². The first-order valence-corrected chi connectivity index (χ1v) is 10.3. The van der Waals surface area contributed by atoms with Crippen LogP contribution in [0.5, 0.6) is 0 Å². The highest BCUT2D eigenvalue weighted by atomic mass is 32.1. The number of thiophene rings is 2. The second-order valence-electron chi connectivity index (χ2n) is 6.11. The van der Waals surface area contributed by atoms with E-state index in [-0.39, 0.29) is 5.56 Å². The lowest BCUT2D eigenvalue weighted by Crippen LogP contribution is -2.35. The summed E-state index contributed by atoms with van der Waals surface area (Å²) in [4.78, 5) is 32.1. The van der Waals surface area contributed by atoms with E-state index in [4.69, 9.17) is 10.7 Å². The summed E-state index contributed by atoms with van der Waals surface area (Å²) in [5, 5.41) is 4.47. The number of carbonyl (C=O) groups is 1. The standard InChI is InChI=1S/C20H17N3O2S2/c1-2-14(17(21)24)23-18(12-7-4-3-5-8-12)22-19-16(20(23)25)13(11-27-19)15-9-6-10-26-15/h3-11,14H,2H2,1H3,(H2,21,24). The van der Waals surface area contributed by atoms with Crippen LogP contribution < -0.4 is 11.3 Å². The molecule has 0 radical (unpaired) electrons. The average molecular weight is 396 g/mol. The summed E-state index contributed by atoms with van der Waals surface area (Å²) in [5.74, 6) is -0.0656. The molecule has 0 fully saturated rings. The summed E-state index contributed by atoms with van der Waals surface area (Å²) in [7, 11) is 0. The van der Waals surface area contributed by atoms with Crippen LogP contribution in [0.3, 0.4) is 0 Å². The van der Waals surface area contributed by atoms with Crippen LogP contribution >= 0.6 is 22.7 Å². The van der Waals surface area contributed by atoms with Gasteiger partial charge in [0.1, 0.15) is 16.7 Å². The minimum Gasteiger partial charge on any atom is -0.368 e. The molecule has 0 saturated carbocycles. The number of rotatable bonds is 5. The molecular weight excluding hydrogens is 378 g/mol. The van der Waals surface area contributed by atoms with Crippen LogP contribution in [0.15, 0.2) is 58.0 Å². The Morgan fingerprint density at radius 2 is 1.96 bits per heavy atom. The minimum absolute atomic E-state index is 0.228. The molecular formula is C20H17N3O2S2. The quantitative estimate of drug-likeness (QED) is 0.547. The maximum absolute atomic E-state index is 13.5. The summed E-state index contributed by atoms with van der Waals surface area (Å²) in [5.41, 5.74) is 7.03. The average Bonchev–Trinajstić information content (AvgIpc) is 3.33. The summed E-state index contributed by atoms with van der Waals surface area (Å²) in [6.45, 7) is 1.84. The highest BCUT2D eigenvalue weighted by Crippen LogP contribution is 2.35. The maximum Gasteiger partial charge on any atom is 0.263 e. The van der Waals surface area contributed by atoms with Gasteiger partial charge in [-0.1, -0.05) is 43.3 Å². The number of aromatic nitrogens is 2. The molecule has 1 aromatic carbocycles. The maximum atomic E-state index is 13.5. The van der Waals surface area contributed by atoms with Crippen LogP contribution in [0, 0.1) is 0 Å². The van der Waals surface area contributed by atoms with Gasteiger partial charge in [-0.15, -0.1) is 22.7 Å². The van der Waals surface area contributed by atoms with Crippen molar-refractivity contribution in [1.82, 2.24) is 9.55 Å². The van der Waals surface area contributed by atoms with E-state index in [1.807, 2.05) is 60.1 Å². The number of carbonyl (C=O) groups excluding carboxylic acids is 1. The number of fused-ring (bicyclic) bond motifs is 1. The van der Waals surface area contributed by atoms with Gasteiger partial charge in [-0.3, -0.25) is 14.2 Å². The second-order valence-corrected chi connectivity index (χ2v) is 7.92. The Morgan fingerprint density at radius 3 is 2.59 bits per heavy atom. The largest absolute Gasteiger partial charge is 0.368 e. The smallest absolute Gasteiger partial charge is 0.263 e. The van der Waals surface area contributed by atoms with Gasteiger partial charge >= 0.3 is 0 Å². The molecule has 7 heteroatoms. The van der Waals surface area contributed by atoms with Gasteiger partial charge < -0.3 is 5.73 Å². The number of hydrogen-bond donors (Lipinski definition) is 1. The summed E-state index contributed by atoms with van der Waals surface area (Å²) in [6.07, 6.45) is 0.417. The fourth-order valence-electron chi connectivity index (χ4n) is 3.21. The number of hydrogen-bond acceptors (Lipinski definition) is 5. The van der Waals surface area contributed by atoms with Crippen molar-refractivity contribution in [3.8, 4) is 21.8 Å². The third-order valence-electron chi connectivity index (χ3n) is 4.49. The highest BCUT2D eigenvalue weighted by molar-refractivity contribution is 7.18. The number of nitrogens with two attached hydrogens (primary N) is 1. The lowest BCUT2D eigenvalue weighted by Gasteiger charge is -2.19. The molecule has 1 unspecified atom stereocenters. The SMILES string of the molecule is CCC(C(N)=O)n1c(-c2ccccc2)nc2scc(-c3cccs3)c2c1=O. The molecule has 4 aromatic rings. The van der Waals surface area contributed by atoms with Crippen molar-refractivity contribution in [2.24, 2.45) is 5.73 Å². The Hall–Kier alpha value is -2.77. The number of nitrogens with zero attached hydrogens (tertiary/aromatic N) is 2. The lowest BCUT2D eigenvalue weighted by atomic mass is 10.1. The number of amides is 1. The zero-order valence-corrected chi connectivity index (χ0v) is 16.2. The van der Waals surface area contributed by atoms with Crippen LogP contribution in [0.2, 0.25) is 0 Å². The first-order chi connectivity index (χ1) is 13.1. The summed E-state index contributed by atoms with van der Waals surface area (Å²) in [6, 6.07) is 12.6. The second kappa shape index (κ2) is 7.09. The molecule has 27 heavy (non-hydrogen) atoms. The third kappa shape index (κ3) is 2.98. The molecule has 0 saturated heterocycles. The molecule has 2 N–H and O–H groups in total. The van der Waals surface area contributed by atoms with Gasteiger partial charge in [0.2, 0.25) is 5.91 Å².